The van der Waals surface area contributed by atoms with Crippen molar-refractivity contribution in [2.45, 2.75) is 32.6 Å². The maximum Gasteiger partial charge on any atom is 0.269 e. The monoisotopic (exact) mass is 837 g/mol. The Morgan fingerprint density at radius 1 is 0.594 bits per heavy atom. The topological polar surface area (TPSA) is 35.9 Å². The summed E-state index contributed by atoms with van der Waals surface area (Å²) in [6, 6.07) is 40.5. The molecule has 0 spiro atoms. The van der Waals surface area contributed by atoms with Crippen LogP contribution >= 0.6 is 0 Å². The van der Waals surface area contributed by atoms with Crippen LogP contribution in [-0.4, -0.2) is 14.1 Å². The van der Waals surface area contributed by atoms with Gasteiger partial charge in [0.2, 0.25) is 0 Å². The Morgan fingerprint density at radius 2 is 1.28 bits per heavy atom. The molecule has 5 heteroatoms. The number of benzene rings is 8. The van der Waals surface area contributed by atoms with Gasteiger partial charge in [0.25, 0.3) is 6.33 Å². The van der Waals surface area contributed by atoms with Crippen molar-refractivity contribution in [2.75, 3.05) is 0 Å². The first-order valence-corrected chi connectivity index (χ1v) is 21.3. The van der Waals surface area contributed by atoms with Gasteiger partial charge in [-0.1, -0.05) is 159 Å². The van der Waals surface area contributed by atoms with E-state index in [-0.39, 0.29) is 27.9 Å². The lowest BCUT2D eigenvalue weighted by atomic mass is 9.95. The molecule has 0 saturated heterocycles. The fraction of sp³-hybridized carbons (Fsp3) is 0.0847. The van der Waals surface area contributed by atoms with Gasteiger partial charge in [0, 0.05) is 24.4 Å². The van der Waals surface area contributed by atoms with Gasteiger partial charge in [0.1, 0.15) is 17.3 Å². The van der Waals surface area contributed by atoms with Crippen molar-refractivity contribution in [3.05, 3.63) is 224 Å². The zero-order chi connectivity index (χ0) is 52.6. The van der Waals surface area contributed by atoms with Crippen LogP contribution in [0.3, 0.4) is 0 Å². The molecule has 3 aromatic heterocycles. The number of hydrogen-bond donors (Lipinski definition) is 0. The lowest BCUT2D eigenvalue weighted by molar-refractivity contribution is -0.571. The number of pyridine rings is 1. The molecule has 308 valence electrons. The fourth-order valence-corrected chi connectivity index (χ4v) is 8.74. The average molecular weight is 838 g/mol. The highest BCUT2D eigenvalue weighted by molar-refractivity contribution is 6.09. The molecular formula is C59H46N4O. The van der Waals surface area contributed by atoms with Crippen molar-refractivity contribution in [2.24, 2.45) is 0 Å². The molecule has 0 N–H and O–H groups in total. The Hall–Kier alpha value is -8.02. The molecule has 0 bridgehead atoms. The number of ether oxygens (including phenoxy) is 1. The smallest absolute Gasteiger partial charge is 0.269 e. The lowest BCUT2D eigenvalue weighted by Gasteiger charge is -2.17. The van der Waals surface area contributed by atoms with Crippen LogP contribution < -0.4 is 9.30 Å². The predicted molar refractivity (Wildman–Crippen MR) is 262 cm³/mol. The molecule has 5 nitrogen and oxygen atoms in total. The molecule has 3 heterocycles. The number of para-hydroxylation sites is 2. The molecule has 0 amide bonds. The van der Waals surface area contributed by atoms with E-state index in [4.69, 9.17) is 23.4 Å². The summed E-state index contributed by atoms with van der Waals surface area (Å²) in [5.74, 6) is 0.966. The predicted octanol–water partition coefficient (Wildman–Crippen LogP) is 14.9. The summed E-state index contributed by atoms with van der Waals surface area (Å²) in [6.07, 6.45) is 6.58. The Bertz CT molecular complexity index is 3970. The Morgan fingerprint density at radius 3 is 2.03 bits per heavy atom. The van der Waals surface area contributed by atoms with E-state index in [0.717, 1.165) is 38.5 Å². The molecule has 11 rings (SSSR count). The maximum atomic E-state index is 9.22. The van der Waals surface area contributed by atoms with Crippen molar-refractivity contribution >= 4 is 32.8 Å². The van der Waals surface area contributed by atoms with Crippen LogP contribution in [0.1, 0.15) is 53.2 Å². The van der Waals surface area contributed by atoms with Crippen LogP contribution in [0.25, 0.3) is 83.4 Å². The van der Waals surface area contributed by atoms with E-state index >= 15 is 0 Å². The minimum Gasteiger partial charge on any atom is -0.458 e. The number of hydrogen-bond acceptors (Lipinski definition) is 2. The lowest BCUT2D eigenvalue weighted by Crippen LogP contribution is -2.31. The minimum atomic E-state index is -0.763. The van der Waals surface area contributed by atoms with Gasteiger partial charge in [0.15, 0.2) is 0 Å². The van der Waals surface area contributed by atoms with Crippen molar-refractivity contribution < 1.29 is 24.4 Å². The average Bonchev–Trinajstić information content (AvgIpc) is 4.00. The van der Waals surface area contributed by atoms with E-state index in [1.807, 2.05) is 134 Å². The molecule has 0 aliphatic carbocycles. The number of fused-ring (bicyclic) bond motifs is 4. The summed E-state index contributed by atoms with van der Waals surface area (Å²) in [4.78, 5) is 4.83. The number of nitrogens with zero attached hydrogens (tertiary/aromatic N) is 4. The summed E-state index contributed by atoms with van der Waals surface area (Å²) >= 11 is 0. The van der Waals surface area contributed by atoms with E-state index in [1.54, 1.807) is 29.0 Å². The third kappa shape index (κ3) is 7.01. The molecule has 0 unspecified atom stereocenters. The van der Waals surface area contributed by atoms with E-state index in [9.17, 15) is 1.37 Å². The quantitative estimate of drug-likeness (QED) is 0.0961. The summed E-state index contributed by atoms with van der Waals surface area (Å²) in [6.45, 7) is 4.06. The van der Waals surface area contributed by atoms with E-state index in [2.05, 4.69) is 23.0 Å². The van der Waals surface area contributed by atoms with Gasteiger partial charge < -0.3 is 4.74 Å². The van der Waals surface area contributed by atoms with Gasteiger partial charge in [-0.2, -0.15) is 0 Å². The number of aromatic nitrogens is 4. The highest BCUT2D eigenvalue weighted by Gasteiger charge is 2.21. The molecule has 64 heavy (non-hydrogen) atoms. The van der Waals surface area contributed by atoms with Gasteiger partial charge in [-0.3, -0.25) is 13.7 Å². The van der Waals surface area contributed by atoms with Crippen LogP contribution in [0.15, 0.2) is 212 Å². The maximum absolute atomic E-state index is 9.22. The SMILES string of the molecule is [2H]c1c([2H])c([2H])c(-c2cccc(-c3c([2H])c([2H])c([2H])c([2H])c3[2H])c2-[n+]2[c-]n(-c3cccc(Oc4ccc5c6ccccc6n(-c6cc(C([2H])(CC)CC)ccn6)c5c4)c3)c3cc(-c4ccccc4)ccc32)c([2H])c1[2H]. The zero-order valence-electron chi connectivity index (χ0n) is 46.0. The third-order valence-corrected chi connectivity index (χ3v) is 11.8. The summed E-state index contributed by atoms with van der Waals surface area (Å²) in [5, 5.41) is 2.04. The van der Waals surface area contributed by atoms with Crippen molar-refractivity contribution in [3.63, 3.8) is 0 Å². The Labute approximate surface area is 389 Å². The molecule has 0 aliphatic heterocycles. The molecule has 0 radical (unpaired) electrons. The second-order valence-corrected chi connectivity index (χ2v) is 15.4. The highest BCUT2D eigenvalue weighted by atomic mass is 16.5. The van der Waals surface area contributed by atoms with Gasteiger partial charge in [0.05, 0.1) is 47.1 Å². The normalized spacial score (nSPS) is 14.1. The molecule has 8 aromatic carbocycles. The van der Waals surface area contributed by atoms with Crippen molar-refractivity contribution in [1.29, 1.82) is 0 Å². The van der Waals surface area contributed by atoms with Crippen molar-refractivity contribution in [1.82, 2.24) is 14.1 Å². The fourth-order valence-electron chi connectivity index (χ4n) is 8.74. The van der Waals surface area contributed by atoms with Gasteiger partial charge in [-0.25, -0.2) is 4.98 Å². The molecule has 0 atom stereocenters. The number of rotatable bonds is 11. The van der Waals surface area contributed by atoms with Crippen LogP contribution in [0.5, 0.6) is 11.5 Å². The summed E-state index contributed by atoms with van der Waals surface area (Å²) in [7, 11) is 0. The largest absolute Gasteiger partial charge is 0.458 e. The third-order valence-electron chi connectivity index (χ3n) is 11.8. The Kier molecular flexibility index (Phi) is 7.45. The molecule has 0 saturated carbocycles. The van der Waals surface area contributed by atoms with Gasteiger partial charge in [-0.05, 0) is 112 Å². The minimum absolute atomic E-state index is 0.144. The molecule has 0 aliphatic rings. The van der Waals surface area contributed by atoms with Crippen molar-refractivity contribution in [3.8, 4) is 62.1 Å². The summed E-state index contributed by atoms with van der Waals surface area (Å²) < 4.78 is 109. The second kappa shape index (κ2) is 16.7. The highest BCUT2D eigenvalue weighted by Crippen LogP contribution is 2.38. The van der Waals surface area contributed by atoms with Gasteiger partial charge in [-0.15, -0.1) is 0 Å². The Balaban J connectivity index is 1.12. The first kappa shape index (κ1) is 28.6. The van der Waals surface area contributed by atoms with Gasteiger partial charge >= 0.3 is 0 Å². The van der Waals surface area contributed by atoms with E-state index < -0.39 is 66.3 Å². The van der Waals surface area contributed by atoms with E-state index in [0.29, 0.717) is 46.9 Å². The zero-order valence-corrected chi connectivity index (χ0v) is 35.0. The molecular weight excluding hydrogens is 781 g/mol. The standard InChI is InChI=1S/C59H46N4O/c1-3-41(4-2)46-34-35-60-58(37-46)63-54-29-15-14-26-52(54)53-32-31-49(39-56(53)63)64-48-25-16-24-47(38-48)61-40-62(55-33-30-45(36-57(55)61)42-18-8-5-9-19-42)59-50(43-20-10-6-11-21-43)27-17-28-51(59)44-22-12-7-13-23-44/h5-39,41H,3-4H2,1-2H3/i6D,7D,10D,11D,12D,13D,20D,21D,22D,23D,41D. The van der Waals surface area contributed by atoms with Crippen LogP contribution in [0.4, 0.5) is 0 Å². The van der Waals surface area contributed by atoms with Crippen LogP contribution in [0.2, 0.25) is 0 Å². The number of imidazole rings is 1. The van der Waals surface area contributed by atoms with Crippen LogP contribution in [0, 0.1) is 6.33 Å². The molecule has 0 fully saturated rings. The first-order chi connectivity index (χ1) is 36.1. The summed E-state index contributed by atoms with van der Waals surface area (Å²) in [5.41, 5.74) is 6.44. The second-order valence-electron chi connectivity index (χ2n) is 15.4. The first-order valence-electron chi connectivity index (χ1n) is 26.8. The molecule has 11 aromatic rings. The van der Waals surface area contributed by atoms with Crippen LogP contribution in [-0.2, 0) is 0 Å². The van der Waals surface area contributed by atoms with E-state index in [1.165, 1.54) is 0 Å².